The molecule has 0 aliphatic heterocycles. The number of nitrogens with one attached hydrogen (secondary N) is 1. The van der Waals surface area contributed by atoms with Crippen LogP contribution in [0, 0.1) is 6.92 Å². The largest absolute Gasteiger partial charge is 0.351 e. The number of aromatic nitrogens is 5. The van der Waals surface area contributed by atoms with Crippen molar-refractivity contribution in [1.29, 1.82) is 0 Å². The van der Waals surface area contributed by atoms with Crippen molar-refractivity contribution in [1.82, 2.24) is 29.9 Å². The molecular weight excluding hydrogens is 500 g/mol. The van der Waals surface area contributed by atoms with Crippen molar-refractivity contribution in [3.63, 3.8) is 0 Å². The fourth-order valence-electron chi connectivity index (χ4n) is 4.25. The summed E-state index contributed by atoms with van der Waals surface area (Å²) in [6.45, 7) is 10.1. The normalized spacial score (nSPS) is 11.8. The molecule has 9 heteroatoms. The number of rotatable bonds is 7. The molecule has 190 valence electrons. The molecule has 2 aromatic carbocycles. The summed E-state index contributed by atoms with van der Waals surface area (Å²) in [5.74, 6) is 0.996. The van der Waals surface area contributed by atoms with Crippen molar-refractivity contribution < 1.29 is 4.79 Å². The van der Waals surface area contributed by atoms with E-state index in [2.05, 4.69) is 57.3 Å². The quantitative estimate of drug-likeness (QED) is 0.253. The van der Waals surface area contributed by atoms with Gasteiger partial charge in [-0.15, -0.1) is 21.5 Å². The van der Waals surface area contributed by atoms with Crippen molar-refractivity contribution in [2.75, 3.05) is 5.75 Å². The SMILES string of the molecule is CCc1ccccc1-n1c(SCC(=O)NC(C)(C)C)nnc1-c1cc2c(C)nn(-c3ccccc3)c2s1. The van der Waals surface area contributed by atoms with E-state index in [1.807, 2.05) is 62.7 Å². The molecule has 0 spiro atoms. The van der Waals surface area contributed by atoms with Crippen LogP contribution in [0.1, 0.15) is 39.0 Å². The van der Waals surface area contributed by atoms with Crippen LogP contribution in [0.4, 0.5) is 0 Å². The van der Waals surface area contributed by atoms with E-state index in [9.17, 15) is 4.79 Å². The Morgan fingerprint density at radius 1 is 1.05 bits per heavy atom. The first-order valence-electron chi connectivity index (χ1n) is 12.3. The van der Waals surface area contributed by atoms with Gasteiger partial charge in [-0.2, -0.15) is 5.10 Å². The van der Waals surface area contributed by atoms with Crippen LogP contribution in [0.2, 0.25) is 0 Å². The fourth-order valence-corrected chi connectivity index (χ4v) is 6.16. The molecule has 0 unspecified atom stereocenters. The van der Waals surface area contributed by atoms with Gasteiger partial charge in [0.2, 0.25) is 5.91 Å². The number of para-hydroxylation sites is 2. The predicted molar refractivity (Wildman–Crippen MR) is 152 cm³/mol. The molecule has 3 heterocycles. The Balaban J connectivity index is 1.60. The molecule has 0 saturated carbocycles. The van der Waals surface area contributed by atoms with Crippen molar-refractivity contribution in [3.8, 4) is 22.1 Å². The number of hydrogen-bond donors (Lipinski definition) is 1. The lowest BCUT2D eigenvalue weighted by molar-refractivity contribution is -0.119. The lowest BCUT2D eigenvalue weighted by Gasteiger charge is -2.20. The van der Waals surface area contributed by atoms with Gasteiger partial charge in [0.05, 0.1) is 27.7 Å². The maximum absolute atomic E-state index is 12.6. The van der Waals surface area contributed by atoms with Gasteiger partial charge in [-0.1, -0.05) is 55.1 Å². The highest BCUT2D eigenvalue weighted by Gasteiger charge is 2.23. The molecule has 0 atom stereocenters. The van der Waals surface area contributed by atoms with Gasteiger partial charge in [-0.05, 0) is 63.9 Å². The van der Waals surface area contributed by atoms with Crippen LogP contribution < -0.4 is 5.32 Å². The second-order valence-electron chi connectivity index (χ2n) is 9.87. The summed E-state index contributed by atoms with van der Waals surface area (Å²) >= 11 is 3.05. The molecule has 1 amide bonds. The Morgan fingerprint density at radius 2 is 1.78 bits per heavy atom. The number of aryl methyl sites for hydroxylation is 2. The topological polar surface area (TPSA) is 77.6 Å². The standard InChI is InChI=1S/C28H30N6OS2/c1-6-19-12-10-11-15-22(19)33-25(30-31-27(33)36-17-24(35)29-28(3,4)5)23-16-21-18(2)32-34(26(21)37-23)20-13-8-7-9-14-20/h7-16H,6,17H2,1-5H3,(H,29,35). The summed E-state index contributed by atoms with van der Waals surface area (Å²) in [7, 11) is 0. The summed E-state index contributed by atoms with van der Waals surface area (Å²) in [4.78, 5) is 14.6. The smallest absolute Gasteiger partial charge is 0.230 e. The van der Waals surface area contributed by atoms with Crippen LogP contribution in [0.5, 0.6) is 0 Å². The second-order valence-corrected chi connectivity index (χ2v) is 11.8. The van der Waals surface area contributed by atoms with E-state index in [1.165, 1.54) is 17.3 Å². The molecule has 5 aromatic rings. The van der Waals surface area contributed by atoms with Crippen molar-refractivity contribution in [2.24, 2.45) is 0 Å². The first-order valence-corrected chi connectivity index (χ1v) is 14.1. The third-order valence-corrected chi connectivity index (χ3v) is 7.89. The van der Waals surface area contributed by atoms with E-state index in [0.29, 0.717) is 5.16 Å². The molecule has 0 radical (unpaired) electrons. The highest BCUT2D eigenvalue weighted by molar-refractivity contribution is 7.99. The first-order chi connectivity index (χ1) is 17.7. The number of carbonyl (C=O) groups is 1. The van der Waals surface area contributed by atoms with Crippen LogP contribution in [0.3, 0.4) is 0 Å². The van der Waals surface area contributed by atoms with Gasteiger partial charge in [0.1, 0.15) is 4.83 Å². The minimum atomic E-state index is -0.285. The molecule has 1 N–H and O–H groups in total. The van der Waals surface area contributed by atoms with Gasteiger partial charge < -0.3 is 5.32 Å². The monoisotopic (exact) mass is 530 g/mol. The van der Waals surface area contributed by atoms with E-state index < -0.39 is 0 Å². The molecule has 3 aromatic heterocycles. The zero-order valence-electron chi connectivity index (χ0n) is 21.6. The Morgan fingerprint density at radius 3 is 2.51 bits per heavy atom. The van der Waals surface area contributed by atoms with Gasteiger partial charge in [0.25, 0.3) is 0 Å². The fraction of sp³-hybridized carbons (Fsp3) is 0.286. The number of thioether (sulfide) groups is 1. The zero-order chi connectivity index (χ0) is 26.2. The average molecular weight is 531 g/mol. The van der Waals surface area contributed by atoms with E-state index in [-0.39, 0.29) is 17.2 Å². The van der Waals surface area contributed by atoms with Crippen LogP contribution in [-0.2, 0) is 11.2 Å². The molecule has 0 fully saturated rings. The highest BCUT2D eigenvalue weighted by Crippen LogP contribution is 2.38. The summed E-state index contributed by atoms with van der Waals surface area (Å²) in [5.41, 5.74) is 3.93. The van der Waals surface area contributed by atoms with Gasteiger partial charge in [-0.3, -0.25) is 9.36 Å². The number of benzene rings is 2. The van der Waals surface area contributed by atoms with Crippen molar-refractivity contribution >= 4 is 39.2 Å². The number of amides is 1. The van der Waals surface area contributed by atoms with Crippen LogP contribution in [0.15, 0.2) is 65.8 Å². The lowest BCUT2D eigenvalue weighted by Crippen LogP contribution is -2.41. The van der Waals surface area contributed by atoms with Gasteiger partial charge in [0, 0.05) is 10.9 Å². The molecule has 0 bridgehead atoms. The van der Waals surface area contributed by atoms with Crippen LogP contribution >= 0.6 is 23.1 Å². The molecule has 37 heavy (non-hydrogen) atoms. The van der Waals surface area contributed by atoms with Crippen molar-refractivity contribution in [3.05, 3.63) is 71.9 Å². The molecule has 0 aliphatic carbocycles. The third kappa shape index (κ3) is 5.19. The maximum atomic E-state index is 12.6. The molecular formula is C28H30N6OS2. The summed E-state index contributed by atoms with van der Waals surface area (Å²) in [6.07, 6.45) is 0.872. The third-order valence-electron chi connectivity index (χ3n) is 5.86. The number of thiophene rings is 1. The second kappa shape index (κ2) is 10.1. The van der Waals surface area contributed by atoms with Gasteiger partial charge in [0.15, 0.2) is 11.0 Å². The molecule has 7 nitrogen and oxygen atoms in total. The van der Waals surface area contributed by atoms with Crippen LogP contribution in [-0.4, -0.2) is 41.7 Å². The minimum Gasteiger partial charge on any atom is -0.351 e. The van der Waals surface area contributed by atoms with Gasteiger partial charge >= 0.3 is 0 Å². The predicted octanol–water partition coefficient (Wildman–Crippen LogP) is 6.21. The van der Waals surface area contributed by atoms with Gasteiger partial charge in [-0.25, -0.2) is 4.68 Å². The first kappa shape index (κ1) is 25.2. The average Bonchev–Trinajstić information content (AvgIpc) is 3.56. The number of hydrogen-bond acceptors (Lipinski definition) is 6. The van der Waals surface area contributed by atoms with E-state index in [4.69, 9.17) is 5.10 Å². The molecule has 5 rings (SSSR count). The number of nitrogens with zero attached hydrogens (tertiary/aromatic N) is 5. The lowest BCUT2D eigenvalue weighted by atomic mass is 10.1. The Hall–Kier alpha value is -3.43. The molecule has 0 saturated heterocycles. The highest BCUT2D eigenvalue weighted by atomic mass is 32.2. The molecule has 0 aliphatic rings. The summed E-state index contributed by atoms with van der Waals surface area (Å²) < 4.78 is 4.08. The minimum absolute atomic E-state index is 0.0298. The van der Waals surface area contributed by atoms with Crippen molar-refractivity contribution in [2.45, 2.75) is 51.7 Å². The van der Waals surface area contributed by atoms with E-state index in [1.54, 1.807) is 11.3 Å². The Labute approximate surface area is 224 Å². The maximum Gasteiger partial charge on any atom is 0.230 e. The Kier molecular flexibility index (Phi) is 6.92. The summed E-state index contributed by atoms with van der Waals surface area (Å²) in [5, 5.41) is 18.8. The van der Waals surface area contributed by atoms with E-state index >= 15 is 0 Å². The number of fused-ring (bicyclic) bond motifs is 1. The summed E-state index contributed by atoms with van der Waals surface area (Å²) in [6, 6.07) is 20.6. The van der Waals surface area contributed by atoms with E-state index in [0.717, 1.165) is 44.4 Å². The zero-order valence-corrected chi connectivity index (χ0v) is 23.3. The van der Waals surface area contributed by atoms with Crippen LogP contribution in [0.25, 0.3) is 32.3 Å². The number of carbonyl (C=O) groups excluding carboxylic acids is 1. The Bertz CT molecular complexity index is 1560.